The maximum absolute atomic E-state index is 9.32. The van der Waals surface area contributed by atoms with Gasteiger partial charge in [-0.25, -0.2) is 9.97 Å². The van der Waals surface area contributed by atoms with Crippen molar-refractivity contribution in [3.63, 3.8) is 0 Å². The van der Waals surface area contributed by atoms with E-state index in [4.69, 9.17) is 10.9 Å². The highest BCUT2D eigenvalue weighted by Crippen LogP contribution is 2.16. The molecule has 1 rings (SSSR count). The Balaban J connectivity index is 3.22. The Morgan fingerprint density at radius 2 is 2.21 bits per heavy atom. The predicted octanol–water partition coefficient (Wildman–Crippen LogP) is 0.400. The Morgan fingerprint density at radius 3 is 2.71 bits per heavy atom. The van der Waals surface area contributed by atoms with Crippen LogP contribution < -0.4 is 5.73 Å². The van der Waals surface area contributed by atoms with Gasteiger partial charge in [-0.1, -0.05) is 19.0 Å². The first-order chi connectivity index (χ1) is 6.56. The molecule has 0 saturated carbocycles. The van der Waals surface area contributed by atoms with E-state index in [0.717, 1.165) is 0 Å². The molecule has 0 bridgehead atoms. The number of amidine groups is 1. The van der Waals surface area contributed by atoms with Crippen molar-refractivity contribution in [1.82, 2.24) is 9.97 Å². The van der Waals surface area contributed by atoms with Crippen LogP contribution in [0.4, 0.5) is 0 Å². The molecule has 0 amide bonds. The lowest BCUT2D eigenvalue weighted by atomic mass is 10.2. The van der Waals surface area contributed by atoms with Gasteiger partial charge in [0, 0.05) is 5.92 Å². The summed E-state index contributed by atoms with van der Waals surface area (Å²) in [6.45, 7) is 3.81. The van der Waals surface area contributed by atoms with Crippen molar-refractivity contribution in [1.29, 1.82) is 0 Å². The SMILES string of the molecule is CC(C)c1ncc(O)c(/C(N)=N\O)n1. The zero-order chi connectivity index (χ0) is 10.7. The van der Waals surface area contributed by atoms with E-state index in [2.05, 4.69) is 15.1 Å². The molecule has 1 aromatic heterocycles. The van der Waals surface area contributed by atoms with Gasteiger partial charge in [-0.15, -0.1) is 0 Å². The molecule has 14 heavy (non-hydrogen) atoms. The Labute approximate surface area is 81.1 Å². The minimum atomic E-state index is -0.230. The molecular formula is C8H12N4O2. The van der Waals surface area contributed by atoms with Gasteiger partial charge < -0.3 is 16.0 Å². The molecule has 1 heterocycles. The van der Waals surface area contributed by atoms with Crippen LogP contribution in [0, 0.1) is 0 Å². The fourth-order valence-electron chi connectivity index (χ4n) is 0.903. The van der Waals surface area contributed by atoms with Gasteiger partial charge in [0.05, 0.1) is 6.20 Å². The van der Waals surface area contributed by atoms with Crippen LogP contribution in [0.2, 0.25) is 0 Å². The third-order valence-corrected chi connectivity index (χ3v) is 1.65. The van der Waals surface area contributed by atoms with Gasteiger partial charge in [0.1, 0.15) is 5.82 Å². The monoisotopic (exact) mass is 196 g/mol. The summed E-state index contributed by atoms with van der Waals surface area (Å²) >= 11 is 0. The molecule has 0 saturated heterocycles. The van der Waals surface area contributed by atoms with Crippen LogP contribution >= 0.6 is 0 Å². The van der Waals surface area contributed by atoms with Crippen molar-refractivity contribution >= 4 is 5.84 Å². The number of hydrogen-bond acceptors (Lipinski definition) is 5. The molecule has 0 fully saturated rings. The van der Waals surface area contributed by atoms with E-state index in [9.17, 15) is 5.11 Å². The van der Waals surface area contributed by atoms with Crippen molar-refractivity contribution in [3.8, 4) is 5.75 Å². The van der Waals surface area contributed by atoms with Crippen molar-refractivity contribution < 1.29 is 10.3 Å². The summed E-state index contributed by atoms with van der Waals surface area (Å²) in [6, 6.07) is 0. The van der Waals surface area contributed by atoms with E-state index in [1.165, 1.54) is 6.20 Å². The number of rotatable bonds is 2. The van der Waals surface area contributed by atoms with E-state index in [0.29, 0.717) is 5.82 Å². The van der Waals surface area contributed by atoms with Gasteiger partial charge >= 0.3 is 0 Å². The Kier molecular flexibility index (Phi) is 2.85. The second-order valence-corrected chi connectivity index (χ2v) is 3.10. The highest BCUT2D eigenvalue weighted by Gasteiger charge is 2.12. The summed E-state index contributed by atoms with van der Waals surface area (Å²) in [4.78, 5) is 7.87. The first kappa shape index (κ1) is 10.2. The first-order valence-corrected chi connectivity index (χ1v) is 4.10. The van der Waals surface area contributed by atoms with Crippen molar-refractivity contribution in [2.45, 2.75) is 19.8 Å². The molecule has 0 aliphatic carbocycles. The van der Waals surface area contributed by atoms with Crippen LogP contribution in [0.25, 0.3) is 0 Å². The fraction of sp³-hybridized carbons (Fsp3) is 0.375. The largest absolute Gasteiger partial charge is 0.504 e. The van der Waals surface area contributed by atoms with Crippen LogP contribution in [0.15, 0.2) is 11.4 Å². The lowest BCUT2D eigenvalue weighted by molar-refractivity contribution is 0.318. The summed E-state index contributed by atoms with van der Waals surface area (Å²) in [5, 5.41) is 20.5. The number of aromatic nitrogens is 2. The number of oxime groups is 1. The predicted molar refractivity (Wildman–Crippen MR) is 50.3 cm³/mol. The van der Waals surface area contributed by atoms with Crippen LogP contribution in [-0.4, -0.2) is 26.1 Å². The lowest BCUT2D eigenvalue weighted by Gasteiger charge is -2.06. The van der Waals surface area contributed by atoms with Gasteiger partial charge in [-0.3, -0.25) is 0 Å². The number of nitrogens with two attached hydrogens (primary N) is 1. The highest BCUT2D eigenvalue weighted by atomic mass is 16.4. The van der Waals surface area contributed by atoms with Crippen LogP contribution in [-0.2, 0) is 0 Å². The van der Waals surface area contributed by atoms with Crippen LogP contribution in [0.1, 0.15) is 31.3 Å². The summed E-state index contributed by atoms with van der Waals surface area (Å²) in [7, 11) is 0. The zero-order valence-electron chi connectivity index (χ0n) is 7.97. The van der Waals surface area contributed by atoms with Crippen molar-refractivity contribution in [2.24, 2.45) is 10.9 Å². The molecule has 0 unspecified atom stereocenters. The Hall–Kier alpha value is -1.85. The standard InChI is InChI=1S/C8H12N4O2/c1-4(2)8-10-3-5(13)6(11-8)7(9)12-14/h3-4,13-14H,1-2H3,(H2,9,12). The average molecular weight is 196 g/mol. The van der Waals surface area contributed by atoms with E-state index < -0.39 is 0 Å². The zero-order valence-corrected chi connectivity index (χ0v) is 7.97. The van der Waals surface area contributed by atoms with Gasteiger partial charge in [0.2, 0.25) is 0 Å². The topological polar surface area (TPSA) is 105 Å². The fourth-order valence-corrected chi connectivity index (χ4v) is 0.903. The summed E-state index contributed by atoms with van der Waals surface area (Å²) in [5.74, 6) is 0.210. The number of hydrogen-bond donors (Lipinski definition) is 3. The number of nitrogens with zero attached hydrogens (tertiary/aromatic N) is 3. The Bertz CT molecular complexity index is 362. The van der Waals surface area contributed by atoms with E-state index in [1.807, 2.05) is 13.8 Å². The second kappa shape index (κ2) is 3.91. The lowest BCUT2D eigenvalue weighted by Crippen LogP contribution is -2.17. The molecule has 6 nitrogen and oxygen atoms in total. The molecule has 0 atom stereocenters. The third kappa shape index (κ3) is 1.90. The third-order valence-electron chi connectivity index (χ3n) is 1.65. The molecule has 0 spiro atoms. The highest BCUT2D eigenvalue weighted by molar-refractivity contribution is 5.97. The molecule has 6 heteroatoms. The molecule has 0 aliphatic heterocycles. The van der Waals surface area contributed by atoms with Crippen LogP contribution in [0.5, 0.6) is 5.75 Å². The minimum Gasteiger partial charge on any atom is -0.504 e. The maximum atomic E-state index is 9.32. The second-order valence-electron chi connectivity index (χ2n) is 3.10. The normalized spacial score (nSPS) is 12.1. The molecule has 0 radical (unpaired) electrons. The summed E-state index contributed by atoms with van der Waals surface area (Å²) in [6.07, 6.45) is 1.23. The molecule has 0 aromatic carbocycles. The molecular weight excluding hydrogens is 184 g/mol. The first-order valence-electron chi connectivity index (χ1n) is 4.10. The number of aromatic hydroxyl groups is 1. The minimum absolute atomic E-state index is 0.0474. The molecule has 1 aromatic rings. The van der Waals surface area contributed by atoms with Gasteiger partial charge in [0.15, 0.2) is 17.3 Å². The van der Waals surface area contributed by atoms with Gasteiger partial charge in [0.25, 0.3) is 0 Å². The smallest absolute Gasteiger partial charge is 0.192 e. The van der Waals surface area contributed by atoms with E-state index >= 15 is 0 Å². The van der Waals surface area contributed by atoms with Crippen molar-refractivity contribution in [2.75, 3.05) is 0 Å². The van der Waals surface area contributed by atoms with E-state index in [1.54, 1.807) is 0 Å². The molecule has 76 valence electrons. The summed E-state index contributed by atoms with van der Waals surface area (Å²) < 4.78 is 0. The average Bonchev–Trinajstić information content (AvgIpc) is 2.17. The van der Waals surface area contributed by atoms with Crippen LogP contribution in [0.3, 0.4) is 0 Å². The maximum Gasteiger partial charge on any atom is 0.192 e. The quantitative estimate of drug-likeness (QED) is 0.275. The molecule has 4 N–H and O–H groups in total. The Morgan fingerprint density at radius 1 is 1.57 bits per heavy atom. The molecule has 0 aliphatic rings. The van der Waals surface area contributed by atoms with Gasteiger partial charge in [-0.05, 0) is 0 Å². The van der Waals surface area contributed by atoms with Gasteiger partial charge in [-0.2, -0.15) is 0 Å². The van der Waals surface area contributed by atoms with Crippen molar-refractivity contribution in [3.05, 3.63) is 17.7 Å². The van der Waals surface area contributed by atoms with E-state index in [-0.39, 0.29) is 23.2 Å². The summed E-state index contributed by atoms with van der Waals surface area (Å²) in [5.41, 5.74) is 5.36.